The molecule has 0 saturated carbocycles. The molecule has 0 fully saturated rings. The first-order valence-corrected chi connectivity index (χ1v) is 31.8. The van der Waals surface area contributed by atoms with Crippen molar-refractivity contribution in [3.63, 3.8) is 0 Å². The van der Waals surface area contributed by atoms with Gasteiger partial charge in [0.15, 0.2) is 11.5 Å². The number of hydrogen-bond donors (Lipinski definition) is 0. The summed E-state index contributed by atoms with van der Waals surface area (Å²) in [6, 6.07) is 10.0. The molecule has 1 aromatic heterocycles. The largest absolute Gasteiger partial charge is 0.489 e. The van der Waals surface area contributed by atoms with Crippen LogP contribution in [0.4, 0.5) is 5.69 Å². The Morgan fingerprint density at radius 3 is 0.873 bits per heavy atom. The van der Waals surface area contributed by atoms with Gasteiger partial charge >= 0.3 is 0 Å². The fraction of sp³-hybridized carbons (Fsp3) is 0.818. The third-order valence-electron chi connectivity index (χ3n) is 14.8. The number of aromatic nitrogens is 1. The van der Waals surface area contributed by atoms with Crippen LogP contribution in [0, 0.1) is 0 Å². The average molecular weight is 988 g/mol. The van der Waals surface area contributed by atoms with Gasteiger partial charge in [0.1, 0.15) is 0 Å². The highest BCUT2D eigenvalue weighted by molar-refractivity contribution is 5.80. The molecule has 0 aliphatic heterocycles. The lowest BCUT2D eigenvalue weighted by Crippen LogP contribution is -2.06. The van der Waals surface area contributed by atoms with Gasteiger partial charge < -0.3 is 14.2 Å². The van der Waals surface area contributed by atoms with Gasteiger partial charge in [-0.3, -0.25) is 9.98 Å². The van der Waals surface area contributed by atoms with Gasteiger partial charge in [-0.05, 0) is 31.4 Å². The molecule has 71 heavy (non-hydrogen) atoms. The molecular formula is C66H118N2O3. The number of aliphatic imine (C=N–C) groups is 1. The summed E-state index contributed by atoms with van der Waals surface area (Å²) in [5.41, 5.74) is 1.65. The van der Waals surface area contributed by atoms with Crippen LogP contribution in [0.3, 0.4) is 0 Å². The Balaban J connectivity index is 1.84. The van der Waals surface area contributed by atoms with E-state index in [0.717, 1.165) is 47.9 Å². The maximum atomic E-state index is 6.66. The standard InChI is InChI=1S/C66H118N2O3/c1-4-7-10-13-16-19-22-25-28-31-34-37-40-43-46-51-56-69-64-59-63(68-61-62-54-49-50-55-67-62)60-65(70-57-52-47-44-41-38-35-32-29-26-23-20-17-14-11-8-5-2)66(64)71-58-53-48-45-42-39-36-33-30-27-24-21-18-15-12-9-6-3/h49-50,54-55,59-61H,4-48,51-53,56-58H2,1-3H3. The molecular weight excluding hydrogens is 869 g/mol. The Morgan fingerprint density at radius 1 is 0.338 bits per heavy atom. The second-order valence-corrected chi connectivity index (χ2v) is 21.7. The molecule has 2 aromatic rings. The van der Waals surface area contributed by atoms with Crippen molar-refractivity contribution in [3.05, 3.63) is 42.2 Å². The van der Waals surface area contributed by atoms with E-state index in [-0.39, 0.29) is 0 Å². The maximum Gasteiger partial charge on any atom is 0.203 e. The number of unbranched alkanes of at least 4 members (excludes halogenated alkanes) is 45. The minimum Gasteiger partial charge on any atom is -0.489 e. The lowest BCUT2D eigenvalue weighted by atomic mass is 10.0. The zero-order valence-electron chi connectivity index (χ0n) is 47.7. The highest BCUT2D eigenvalue weighted by atomic mass is 16.5. The van der Waals surface area contributed by atoms with Gasteiger partial charge in [-0.2, -0.15) is 0 Å². The first-order valence-electron chi connectivity index (χ1n) is 31.8. The van der Waals surface area contributed by atoms with Crippen molar-refractivity contribution in [1.82, 2.24) is 4.98 Å². The van der Waals surface area contributed by atoms with Crippen LogP contribution in [0.25, 0.3) is 0 Å². The van der Waals surface area contributed by atoms with E-state index in [1.54, 1.807) is 0 Å². The van der Waals surface area contributed by atoms with E-state index in [4.69, 9.17) is 19.2 Å². The number of benzene rings is 1. The molecule has 0 unspecified atom stereocenters. The van der Waals surface area contributed by atoms with Crippen molar-refractivity contribution < 1.29 is 14.2 Å². The van der Waals surface area contributed by atoms with Crippen LogP contribution in [0.2, 0.25) is 0 Å². The fourth-order valence-corrected chi connectivity index (χ4v) is 10.1. The summed E-state index contributed by atoms with van der Waals surface area (Å²) in [6.45, 7) is 8.95. The predicted octanol–water partition coefficient (Wildman–Crippen LogP) is 22.8. The normalized spacial score (nSPS) is 11.6. The quantitative estimate of drug-likeness (QED) is 0.0489. The van der Waals surface area contributed by atoms with Crippen LogP contribution in [-0.4, -0.2) is 31.0 Å². The molecule has 1 heterocycles. The number of hydrogen-bond acceptors (Lipinski definition) is 5. The highest BCUT2D eigenvalue weighted by Crippen LogP contribution is 2.42. The van der Waals surface area contributed by atoms with Crippen molar-refractivity contribution >= 4 is 11.9 Å². The Hall–Kier alpha value is -2.56. The molecule has 0 radical (unpaired) electrons. The molecule has 1 aromatic carbocycles. The first kappa shape index (κ1) is 64.6. The minimum atomic E-state index is 0.680. The third kappa shape index (κ3) is 41.5. The second kappa shape index (κ2) is 52.3. The van der Waals surface area contributed by atoms with Crippen LogP contribution in [-0.2, 0) is 0 Å². The number of rotatable bonds is 56. The van der Waals surface area contributed by atoms with Gasteiger partial charge in [0.05, 0.1) is 37.4 Å². The Morgan fingerprint density at radius 2 is 0.606 bits per heavy atom. The molecule has 0 aliphatic carbocycles. The van der Waals surface area contributed by atoms with Crippen molar-refractivity contribution in [3.8, 4) is 17.2 Å². The van der Waals surface area contributed by atoms with Crippen LogP contribution in [0.15, 0.2) is 41.5 Å². The van der Waals surface area contributed by atoms with Gasteiger partial charge in [-0.25, -0.2) is 0 Å². The van der Waals surface area contributed by atoms with Crippen LogP contribution in [0.5, 0.6) is 17.2 Å². The topological polar surface area (TPSA) is 52.9 Å². The van der Waals surface area contributed by atoms with Crippen molar-refractivity contribution in [2.75, 3.05) is 19.8 Å². The molecule has 2 rings (SSSR count). The van der Waals surface area contributed by atoms with Gasteiger partial charge in [-0.15, -0.1) is 0 Å². The fourth-order valence-electron chi connectivity index (χ4n) is 10.1. The van der Waals surface area contributed by atoms with E-state index in [2.05, 4.69) is 37.9 Å². The Kier molecular flexibility index (Phi) is 47.6. The summed E-state index contributed by atoms with van der Waals surface area (Å²) in [5.74, 6) is 2.29. The molecule has 0 aliphatic rings. The van der Waals surface area contributed by atoms with E-state index in [0.29, 0.717) is 19.8 Å². The summed E-state index contributed by atoms with van der Waals surface area (Å²) in [6.07, 6.45) is 69.2. The van der Waals surface area contributed by atoms with E-state index < -0.39 is 0 Å². The number of ether oxygens (including phenoxy) is 3. The lowest BCUT2D eigenvalue weighted by molar-refractivity contribution is 0.234. The van der Waals surface area contributed by atoms with Gasteiger partial charge in [0.2, 0.25) is 5.75 Å². The monoisotopic (exact) mass is 987 g/mol. The molecule has 0 atom stereocenters. The van der Waals surface area contributed by atoms with Crippen molar-refractivity contribution in [2.24, 2.45) is 4.99 Å². The molecule has 0 spiro atoms. The van der Waals surface area contributed by atoms with E-state index in [9.17, 15) is 0 Å². The highest BCUT2D eigenvalue weighted by Gasteiger charge is 2.16. The summed E-state index contributed by atoms with van der Waals surface area (Å²) in [7, 11) is 0. The molecule has 0 N–H and O–H groups in total. The van der Waals surface area contributed by atoms with E-state index >= 15 is 0 Å². The molecule has 0 bridgehead atoms. The van der Waals surface area contributed by atoms with Gasteiger partial charge in [-0.1, -0.05) is 316 Å². The van der Waals surface area contributed by atoms with Crippen molar-refractivity contribution in [1.29, 1.82) is 0 Å². The summed E-state index contributed by atoms with van der Waals surface area (Å²) >= 11 is 0. The molecule has 5 nitrogen and oxygen atoms in total. The van der Waals surface area contributed by atoms with Crippen LogP contribution in [0.1, 0.15) is 335 Å². The summed E-state index contributed by atoms with van der Waals surface area (Å²) in [5, 5.41) is 0. The molecule has 5 heteroatoms. The average Bonchev–Trinajstić information content (AvgIpc) is 3.39. The Bertz CT molecular complexity index is 1340. The molecule has 0 saturated heterocycles. The van der Waals surface area contributed by atoms with E-state index in [1.165, 1.54) is 289 Å². The maximum absolute atomic E-state index is 6.66. The minimum absolute atomic E-state index is 0.680. The number of nitrogens with zero attached hydrogens (tertiary/aromatic N) is 2. The predicted molar refractivity (Wildman–Crippen MR) is 313 cm³/mol. The van der Waals surface area contributed by atoms with E-state index in [1.807, 2.05) is 30.6 Å². The zero-order chi connectivity index (χ0) is 50.4. The van der Waals surface area contributed by atoms with Crippen LogP contribution < -0.4 is 14.2 Å². The molecule has 0 amide bonds. The third-order valence-corrected chi connectivity index (χ3v) is 14.8. The second-order valence-electron chi connectivity index (χ2n) is 21.7. The van der Waals surface area contributed by atoms with Crippen LogP contribution >= 0.6 is 0 Å². The van der Waals surface area contributed by atoms with Gasteiger partial charge in [0, 0.05) is 18.3 Å². The van der Waals surface area contributed by atoms with Crippen molar-refractivity contribution in [2.45, 2.75) is 329 Å². The number of pyridine rings is 1. The summed E-state index contributed by atoms with van der Waals surface area (Å²) < 4.78 is 19.9. The lowest BCUT2D eigenvalue weighted by Gasteiger charge is -2.18. The SMILES string of the molecule is CCCCCCCCCCCCCCCCCCOc1cc(N=Cc2ccccn2)cc(OCCCCCCCCCCCCCCCCCC)c1OCCCCCCCCCCCCCCCCCC. The zero-order valence-corrected chi connectivity index (χ0v) is 47.7. The van der Waals surface area contributed by atoms with Gasteiger partial charge in [0.25, 0.3) is 0 Å². The summed E-state index contributed by atoms with van der Waals surface area (Å²) in [4.78, 5) is 9.35. The first-order chi connectivity index (χ1) is 35.3. The molecule has 410 valence electrons. The Labute approximate surface area is 442 Å². The smallest absolute Gasteiger partial charge is 0.203 e.